The first-order valence-corrected chi connectivity index (χ1v) is 11.3. The molecule has 0 N–H and O–H groups in total. The van der Waals surface area contributed by atoms with Gasteiger partial charge in [-0.25, -0.2) is 0 Å². The molecule has 0 aromatic rings. The Kier molecular flexibility index (Phi) is 7.53. The van der Waals surface area contributed by atoms with Crippen molar-refractivity contribution in [1.29, 1.82) is 0 Å². The van der Waals surface area contributed by atoms with Crippen molar-refractivity contribution in [2.24, 2.45) is 0 Å². The monoisotopic (exact) mass is 236 g/mol. The summed E-state index contributed by atoms with van der Waals surface area (Å²) in [5.74, 6) is 0. The zero-order valence-corrected chi connectivity index (χ0v) is 10.4. The molecule has 0 aromatic carbocycles. The molecule has 0 amide bonds. The molecule has 0 fully saturated rings. The molecule has 0 aromatic heterocycles. The minimum atomic E-state index is -0.841. The van der Waals surface area contributed by atoms with E-state index in [0.29, 0.717) is 0 Å². The summed E-state index contributed by atoms with van der Waals surface area (Å²) in [4.78, 5) is 0. The molecule has 0 atom stereocenters. The van der Waals surface area contributed by atoms with Gasteiger partial charge in [-0.3, -0.25) is 0 Å². The summed E-state index contributed by atoms with van der Waals surface area (Å²) >= 11 is -0.841. The summed E-state index contributed by atoms with van der Waals surface area (Å²) in [6, 6.07) is 0. The second-order valence-electron chi connectivity index (χ2n) is 2.85. The summed E-state index contributed by atoms with van der Waals surface area (Å²) in [5, 5.41) is 0. The van der Waals surface area contributed by atoms with Gasteiger partial charge in [0, 0.05) is 0 Å². The Balaban J connectivity index is 3.18. The maximum absolute atomic E-state index is 2.39. The zero-order chi connectivity index (χ0) is 7.11. The molecule has 0 nitrogen and oxygen atoms in total. The summed E-state index contributed by atoms with van der Waals surface area (Å²) in [5.41, 5.74) is 0. The second-order valence-corrected chi connectivity index (χ2v) is 13.4. The van der Waals surface area contributed by atoms with Gasteiger partial charge in [-0.05, 0) is 0 Å². The van der Waals surface area contributed by atoms with Crippen LogP contribution in [0, 0.1) is 0 Å². The van der Waals surface area contributed by atoms with Crippen LogP contribution in [0.1, 0.15) is 33.6 Å². The van der Waals surface area contributed by atoms with Crippen LogP contribution in [0.5, 0.6) is 0 Å². The van der Waals surface area contributed by atoms with Crippen LogP contribution >= 0.6 is 0 Å². The van der Waals surface area contributed by atoms with Gasteiger partial charge in [-0.15, -0.1) is 0 Å². The first-order valence-electron chi connectivity index (χ1n) is 4.35. The van der Waals surface area contributed by atoms with Crippen LogP contribution in [0.15, 0.2) is 0 Å². The van der Waals surface area contributed by atoms with Crippen LogP contribution in [-0.2, 0) is 0 Å². The fourth-order valence-corrected chi connectivity index (χ4v) is 9.18. The van der Waals surface area contributed by atoms with Crippen LogP contribution in [0.2, 0.25) is 13.3 Å². The fourth-order valence-electron chi connectivity index (χ4n) is 1.37. The van der Waals surface area contributed by atoms with Crippen LogP contribution in [0.3, 0.4) is 0 Å². The van der Waals surface area contributed by atoms with Gasteiger partial charge < -0.3 is 0 Å². The van der Waals surface area contributed by atoms with Gasteiger partial charge in [-0.2, -0.15) is 0 Å². The third-order valence-corrected chi connectivity index (χ3v) is 13.2. The predicted molar refractivity (Wildman–Crippen MR) is 47.8 cm³/mol. The Morgan fingerprint density at radius 3 is 1.56 bits per heavy atom. The zero-order valence-electron chi connectivity index (χ0n) is 7.11. The number of rotatable bonds is 5. The van der Waals surface area contributed by atoms with E-state index in [1.165, 1.54) is 12.8 Å². The summed E-state index contributed by atoms with van der Waals surface area (Å²) in [6.07, 6.45) is 2.91. The van der Waals surface area contributed by atoms with Crippen LogP contribution in [0.25, 0.3) is 0 Å². The van der Waals surface area contributed by atoms with E-state index >= 15 is 0 Å². The van der Waals surface area contributed by atoms with Crippen molar-refractivity contribution in [1.82, 2.24) is 0 Å². The van der Waals surface area contributed by atoms with Gasteiger partial charge in [0.25, 0.3) is 0 Å². The molecule has 0 aliphatic heterocycles. The van der Waals surface area contributed by atoms with Crippen molar-refractivity contribution >= 4 is 19.8 Å². The molecule has 9 heavy (non-hydrogen) atoms. The van der Waals surface area contributed by atoms with Gasteiger partial charge in [0.05, 0.1) is 0 Å². The molecular weight excluding hydrogens is 215 g/mol. The molecule has 0 aliphatic rings. The first kappa shape index (κ1) is 9.80. The van der Waals surface area contributed by atoms with Gasteiger partial charge >= 0.3 is 66.7 Å². The molecule has 0 bridgehead atoms. The predicted octanol–water partition coefficient (Wildman–Crippen LogP) is 3.05. The fraction of sp³-hybridized carbons (Fsp3) is 1.00. The maximum atomic E-state index is 2.39. The molecule has 0 radical (unpaired) electrons. The van der Waals surface area contributed by atoms with E-state index in [0.717, 1.165) is 0 Å². The Morgan fingerprint density at radius 2 is 1.33 bits per heavy atom. The Hall–Kier alpha value is 0.799. The summed E-state index contributed by atoms with van der Waals surface area (Å²) in [6.45, 7) is 7.05. The normalized spacial score (nSPS) is 10.7. The number of hydrogen-bond acceptors (Lipinski definition) is 0. The van der Waals surface area contributed by atoms with Gasteiger partial charge in [0.1, 0.15) is 0 Å². The Bertz CT molecular complexity index is 46.5. The summed E-state index contributed by atoms with van der Waals surface area (Å²) in [7, 11) is 0. The van der Waals surface area contributed by atoms with Gasteiger partial charge in [0.2, 0.25) is 0 Å². The van der Waals surface area contributed by atoms with Crippen molar-refractivity contribution < 1.29 is 0 Å². The van der Waals surface area contributed by atoms with Crippen LogP contribution in [0.4, 0.5) is 0 Å². The van der Waals surface area contributed by atoms with Crippen molar-refractivity contribution in [3.05, 3.63) is 0 Å². The molecule has 0 spiro atoms. The third-order valence-electron chi connectivity index (χ3n) is 1.97. The quantitative estimate of drug-likeness (QED) is 0.642. The van der Waals surface area contributed by atoms with E-state index in [2.05, 4.69) is 20.8 Å². The summed E-state index contributed by atoms with van der Waals surface area (Å²) < 4.78 is 4.88. The molecule has 56 valence electrons. The molecule has 0 aliphatic carbocycles. The Morgan fingerprint density at radius 1 is 0.889 bits per heavy atom. The van der Waals surface area contributed by atoms with Crippen LogP contribution in [-0.4, -0.2) is 19.8 Å². The standard InChI is InChI=1S/2C3H7.C2H5.Sn.H/c2*1-3-2;1-2;;/h2*1,3H2,2H3;1H2,2H3;;. The van der Waals surface area contributed by atoms with Gasteiger partial charge in [0.15, 0.2) is 0 Å². The Labute approximate surface area is 66.8 Å². The molecule has 0 rings (SSSR count). The van der Waals surface area contributed by atoms with Gasteiger partial charge in [-0.1, -0.05) is 0 Å². The number of hydrogen-bond donors (Lipinski definition) is 0. The van der Waals surface area contributed by atoms with E-state index in [-0.39, 0.29) is 0 Å². The van der Waals surface area contributed by atoms with Crippen LogP contribution < -0.4 is 0 Å². The van der Waals surface area contributed by atoms with Crippen molar-refractivity contribution in [3.8, 4) is 0 Å². The minimum absolute atomic E-state index is 0.841. The van der Waals surface area contributed by atoms with E-state index in [1.807, 2.05) is 0 Å². The topological polar surface area (TPSA) is 0 Å². The van der Waals surface area contributed by atoms with Crippen molar-refractivity contribution in [2.75, 3.05) is 0 Å². The average Bonchev–Trinajstić information content (AvgIpc) is 1.88. The average molecular weight is 235 g/mol. The molecule has 0 saturated heterocycles. The molecular formula is C8H20Sn. The first-order chi connectivity index (χ1) is 4.35. The SMILES string of the molecule is CC[CH2][SnH]([CH2]C)[CH2]CC. The molecule has 0 saturated carbocycles. The molecule has 1 heteroatoms. The van der Waals surface area contributed by atoms with E-state index in [4.69, 9.17) is 0 Å². The van der Waals surface area contributed by atoms with Crippen molar-refractivity contribution in [2.45, 2.75) is 46.9 Å². The second kappa shape index (κ2) is 6.91. The third kappa shape index (κ3) is 5.25. The molecule has 0 unspecified atom stereocenters. The molecule has 0 heterocycles. The van der Waals surface area contributed by atoms with E-state index < -0.39 is 19.8 Å². The van der Waals surface area contributed by atoms with E-state index in [9.17, 15) is 0 Å². The van der Waals surface area contributed by atoms with Crippen molar-refractivity contribution in [3.63, 3.8) is 0 Å². The van der Waals surface area contributed by atoms with E-state index in [1.54, 1.807) is 13.3 Å².